The standard InChI is InChI=1S/C19H32N4O4/c1-4-5-8-16(19(26)20-17-12-14(2)27-21-17)23-10-6-7-15(9-11-23)22(3)13-18(24)25/h12,15-16H,4-11,13H2,1-3H3,(H,24,25)(H,20,21,26). The lowest BCUT2D eigenvalue weighted by atomic mass is 10.1. The summed E-state index contributed by atoms with van der Waals surface area (Å²) in [5, 5.41) is 15.8. The Morgan fingerprint density at radius 1 is 1.44 bits per heavy atom. The first kappa shape index (κ1) is 21.4. The van der Waals surface area contributed by atoms with Gasteiger partial charge in [-0.05, 0) is 46.2 Å². The van der Waals surface area contributed by atoms with E-state index in [1.807, 2.05) is 11.9 Å². The highest BCUT2D eigenvalue weighted by molar-refractivity contribution is 5.94. The number of carbonyl (C=O) groups is 2. The van der Waals surface area contributed by atoms with E-state index in [2.05, 4.69) is 22.3 Å². The molecule has 1 amide bonds. The average Bonchev–Trinajstić information content (AvgIpc) is 2.86. The lowest BCUT2D eigenvalue weighted by molar-refractivity contribution is -0.138. The fourth-order valence-corrected chi connectivity index (χ4v) is 3.71. The van der Waals surface area contributed by atoms with Crippen LogP contribution in [0.15, 0.2) is 10.6 Å². The molecule has 2 heterocycles. The molecule has 1 aromatic heterocycles. The molecule has 0 radical (unpaired) electrons. The van der Waals surface area contributed by atoms with Gasteiger partial charge in [0.1, 0.15) is 5.76 Å². The molecule has 0 aliphatic carbocycles. The largest absolute Gasteiger partial charge is 0.480 e. The number of carbonyl (C=O) groups excluding carboxylic acids is 1. The SMILES string of the molecule is CCCCC(C(=O)Nc1cc(C)on1)N1CCCC(N(C)CC(=O)O)CC1. The molecule has 1 aromatic rings. The van der Waals surface area contributed by atoms with Crippen LogP contribution in [0.2, 0.25) is 0 Å². The molecule has 1 aliphatic rings. The van der Waals surface area contributed by atoms with Gasteiger partial charge in [0.15, 0.2) is 5.82 Å². The molecule has 152 valence electrons. The van der Waals surface area contributed by atoms with Crippen LogP contribution in [0.5, 0.6) is 0 Å². The molecule has 2 unspecified atom stereocenters. The Morgan fingerprint density at radius 2 is 2.22 bits per heavy atom. The van der Waals surface area contributed by atoms with Crippen molar-refractivity contribution in [3.8, 4) is 0 Å². The first-order chi connectivity index (χ1) is 12.9. The van der Waals surface area contributed by atoms with Crippen molar-refractivity contribution in [3.63, 3.8) is 0 Å². The summed E-state index contributed by atoms with van der Waals surface area (Å²) in [5.41, 5.74) is 0. The molecule has 0 aromatic carbocycles. The van der Waals surface area contributed by atoms with Gasteiger partial charge in [0.2, 0.25) is 5.91 Å². The van der Waals surface area contributed by atoms with E-state index in [9.17, 15) is 9.59 Å². The summed E-state index contributed by atoms with van der Waals surface area (Å²) in [6.45, 7) is 5.59. The number of nitrogens with one attached hydrogen (secondary N) is 1. The van der Waals surface area contributed by atoms with Gasteiger partial charge in [-0.2, -0.15) is 0 Å². The fraction of sp³-hybridized carbons (Fsp3) is 0.737. The van der Waals surface area contributed by atoms with Gasteiger partial charge in [0.05, 0.1) is 12.6 Å². The van der Waals surface area contributed by atoms with Gasteiger partial charge in [0, 0.05) is 18.7 Å². The van der Waals surface area contributed by atoms with Crippen LogP contribution in [0.3, 0.4) is 0 Å². The maximum absolute atomic E-state index is 12.9. The molecule has 2 N–H and O–H groups in total. The number of aliphatic carboxylic acids is 1. The monoisotopic (exact) mass is 380 g/mol. The number of nitrogens with zero attached hydrogens (tertiary/aromatic N) is 3. The summed E-state index contributed by atoms with van der Waals surface area (Å²) in [6.07, 6.45) is 5.58. The van der Waals surface area contributed by atoms with Gasteiger partial charge >= 0.3 is 5.97 Å². The Balaban J connectivity index is 2.00. The highest BCUT2D eigenvalue weighted by atomic mass is 16.5. The highest BCUT2D eigenvalue weighted by Gasteiger charge is 2.29. The maximum atomic E-state index is 12.9. The van der Waals surface area contributed by atoms with Crippen molar-refractivity contribution in [1.29, 1.82) is 0 Å². The predicted molar refractivity (Wildman–Crippen MR) is 103 cm³/mol. The maximum Gasteiger partial charge on any atom is 0.317 e. The summed E-state index contributed by atoms with van der Waals surface area (Å²) in [4.78, 5) is 28.0. The van der Waals surface area contributed by atoms with Crippen LogP contribution in [0.25, 0.3) is 0 Å². The number of rotatable bonds is 9. The van der Waals surface area contributed by atoms with E-state index in [1.165, 1.54) is 0 Å². The number of likely N-dealkylation sites (N-methyl/N-ethyl adjacent to an activating group) is 1. The van der Waals surface area contributed by atoms with E-state index < -0.39 is 5.97 Å². The lowest BCUT2D eigenvalue weighted by Gasteiger charge is -2.30. The summed E-state index contributed by atoms with van der Waals surface area (Å²) in [6, 6.07) is 1.75. The molecule has 0 bridgehead atoms. The van der Waals surface area contributed by atoms with Crippen molar-refractivity contribution in [3.05, 3.63) is 11.8 Å². The molecule has 8 heteroatoms. The number of aromatic nitrogens is 1. The normalized spacial score (nSPS) is 19.6. The van der Waals surface area contributed by atoms with E-state index in [-0.39, 0.29) is 24.5 Å². The van der Waals surface area contributed by atoms with Crippen molar-refractivity contribution in [2.24, 2.45) is 0 Å². The van der Waals surface area contributed by atoms with Crippen molar-refractivity contribution in [2.45, 2.75) is 64.5 Å². The minimum absolute atomic E-state index is 0.0471. The Hall–Kier alpha value is -1.93. The molecule has 27 heavy (non-hydrogen) atoms. The number of aryl methyl sites for hydroxylation is 1. The van der Waals surface area contributed by atoms with Crippen LogP contribution in [-0.2, 0) is 9.59 Å². The summed E-state index contributed by atoms with van der Waals surface area (Å²) in [5.74, 6) is 0.262. The number of anilines is 1. The molecule has 2 atom stereocenters. The second-order valence-electron chi connectivity index (χ2n) is 7.40. The van der Waals surface area contributed by atoms with E-state index in [1.54, 1.807) is 13.0 Å². The third kappa shape index (κ3) is 6.62. The summed E-state index contributed by atoms with van der Waals surface area (Å²) >= 11 is 0. The quantitative estimate of drug-likeness (QED) is 0.678. The van der Waals surface area contributed by atoms with Gasteiger partial charge in [-0.1, -0.05) is 24.9 Å². The van der Waals surface area contributed by atoms with Gasteiger partial charge < -0.3 is 14.9 Å². The van der Waals surface area contributed by atoms with Crippen LogP contribution in [0, 0.1) is 6.92 Å². The van der Waals surface area contributed by atoms with E-state index in [0.29, 0.717) is 11.6 Å². The van der Waals surface area contributed by atoms with Gasteiger partial charge in [-0.25, -0.2) is 0 Å². The summed E-state index contributed by atoms with van der Waals surface area (Å²) in [7, 11) is 1.86. The zero-order chi connectivity index (χ0) is 19.8. The fourth-order valence-electron chi connectivity index (χ4n) is 3.71. The molecule has 0 spiro atoms. The number of unbranched alkanes of at least 4 members (excludes halogenated alkanes) is 1. The number of hydrogen-bond acceptors (Lipinski definition) is 6. The molecule has 0 saturated carbocycles. The zero-order valence-electron chi connectivity index (χ0n) is 16.6. The van der Waals surface area contributed by atoms with Crippen LogP contribution in [-0.4, -0.2) is 70.7 Å². The van der Waals surface area contributed by atoms with Crippen molar-refractivity contribution < 1.29 is 19.2 Å². The number of amides is 1. The molecule has 1 saturated heterocycles. The minimum Gasteiger partial charge on any atom is -0.480 e. The van der Waals surface area contributed by atoms with Crippen LogP contribution in [0.4, 0.5) is 5.82 Å². The van der Waals surface area contributed by atoms with Crippen molar-refractivity contribution in [2.75, 3.05) is 32.0 Å². The second kappa shape index (κ2) is 10.4. The van der Waals surface area contributed by atoms with Crippen LogP contribution in [0.1, 0.15) is 51.2 Å². The van der Waals surface area contributed by atoms with E-state index >= 15 is 0 Å². The molecular formula is C19H32N4O4. The molecular weight excluding hydrogens is 348 g/mol. The second-order valence-corrected chi connectivity index (χ2v) is 7.40. The summed E-state index contributed by atoms with van der Waals surface area (Å²) < 4.78 is 5.03. The van der Waals surface area contributed by atoms with E-state index in [0.717, 1.165) is 51.6 Å². The number of likely N-dealkylation sites (tertiary alicyclic amines) is 1. The van der Waals surface area contributed by atoms with Crippen molar-refractivity contribution >= 4 is 17.7 Å². The predicted octanol–water partition coefficient (Wildman–Crippen LogP) is 2.35. The first-order valence-corrected chi connectivity index (χ1v) is 9.81. The highest BCUT2D eigenvalue weighted by Crippen LogP contribution is 2.21. The number of carboxylic acid groups (broad SMARTS) is 1. The first-order valence-electron chi connectivity index (χ1n) is 9.81. The Labute approximate surface area is 160 Å². The minimum atomic E-state index is -0.804. The molecule has 2 rings (SSSR count). The molecule has 1 aliphatic heterocycles. The van der Waals surface area contributed by atoms with E-state index in [4.69, 9.17) is 9.63 Å². The van der Waals surface area contributed by atoms with Gasteiger partial charge in [-0.15, -0.1) is 0 Å². The smallest absolute Gasteiger partial charge is 0.317 e. The van der Waals surface area contributed by atoms with Crippen LogP contribution < -0.4 is 5.32 Å². The molecule has 8 nitrogen and oxygen atoms in total. The number of hydrogen-bond donors (Lipinski definition) is 2. The molecule has 1 fully saturated rings. The number of carboxylic acids is 1. The zero-order valence-corrected chi connectivity index (χ0v) is 16.6. The Bertz CT molecular complexity index is 619. The van der Waals surface area contributed by atoms with Gasteiger partial charge in [-0.3, -0.25) is 19.4 Å². The Morgan fingerprint density at radius 3 is 2.85 bits per heavy atom. The van der Waals surface area contributed by atoms with Crippen molar-refractivity contribution in [1.82, 2.24) is 15.0 Å². The van der Waals surface area contributed by atoms with Gasteiger partial charge in [0.25, 0.3) is 0 Å². The topological polar surface area (TPSA) is 98.9 Å². The third-order valence-electron chi connectivity index (χ3n) is 5.19. The average molecular weight is 380 g/mol. The third-order valence-corrected chi connectivity index (χ3v) is 5.19. The lowest BCUT2D eigenvalue weighted by Crippen LogP contribution is -2.45. The Kier molecular flexibility index (Phi) is 8.24. The van der Waals surface area contributed by atoms with Crippen LogP contribution >= 0.6 is 0 Å².